The summed E-state index contributed by atoms with van der Waals surface area (Å²) in [5.74, 6) is 0.865. The summed E-state index contributed by atoms with van der Waals surface area (Å²) in [6.45, 7) is 10.2. The van der Waals surface area contributed by atoms with Gasteiger partial charge in [0, 0.05) is 18.0 Å². The van der Waals surface area contributed by atoms with E-state index < -0.39 is 0 Å². The van der Waals surface area contributed by atoms with Crippen LogP contribution in [0.4, 0.5) is 5.13 Å². The van der Waals surface area contributed by atoms with Gasteiger partial charge in [-0.25, -0.2) is 4.98 Å². The zero-order valence-electron chi connectivity index (χ0n) is 17.4. The SMILES string of the molecule is CCOc1ccc2nc(N(CCN(CC)CC)C(=O)Cc3ccc(Cl)s3)sc2c1.Cl. The number of hydrogen-bond donors (Lipinski definition) is 0. The largest absolute Gasteiger partial charge is 0.494 e. The molecular weight excluding hydrogens is 461 g/mol. The lowest BCUT2D eigenvalue weighted by Crippen LogP contribution is -2.39. The Balaban J connectivity index is 0.00000320. The Hall–Kier alpha value is -1.38. The van der Waals surface area contributed by atoms with Crippen LogP contribution in [-0.2, 0) is 11.2 Å². The summed E-state index contributed by atoms with van der Waals surface area (Å²) in [5, 5.41) is 0.730. The molecule has 0 aliphatic rings. The maximum Gasteiger partial charge on any atom is 0.234 e. The number of fused-ring (bicyclic) bond motifs is 1. The molecule has 0 atom stereocenters. The van der Waals surface area contributed by atoms with Gasteiger partial charge in [-0.3, -0.25) is 9.69 Å². The normalized spacial score (nSPS) is 11.0. The first-order valence-corrected chi connectivity index (χ1v) is 11.8. The van der Waals surface area contributed by atoms with Crippen LogP contribution < -0.4 is 9.64 Å². The second kappa shape index (κ2) is 11.9. The van der Waals surface area contributed by atoms with Gasteiger partial charge in [0.1, 0.15) is 5.75 Å². The minimum atomic E-state index is 0. The van der Waals surface area contributed by atoms with E-state index in [1.807, 2.05) is 42.2 Å². The van der Waals surface area contributed by atoms with Crippen molar-refractivity contribution in [3.05, 3.63) is 39.5 Å². The van der Waals surface area contributed by atoms with Gasteiger partial charge >= 0.3 is 0 Å². The van der Waals surface area contributed by atoms with Crippen molar-refractivity contribution in [2.75, 3.05) is 37.7 Å². The Morgan fingerprint density at radius 2 is 1.87 bits per heavy atom. The Bertz CT molecular complexity index is 957. The van der Waals surface area contributed by atoms with Crippen molar-refractivity contribution in [1.82, 2.24) is 9.88 Å². The smallest absolute Gasteiger partial charge is 0.234 e. The first kappa shape index (κ1) is 24.9. The fraction of sp³-hybridized carbons (Fsp3) is 0.429. The van der Waals surface area contributed by atoms with Crippen molar-refractivity contribution in [3.8, 4) is 5.75 Å². The van der Waals surface area contributed by atoms with Crippen molar-refractivity contribution < 1.29 is 9.53 Å². The number of hydrogen-bond acceptors (Lipinski definition) is 6. The van der Waals surface area contributed by atoms with E-state index in [0.29, 0.717) is 23.9 Å². The number of carbonyl (C=O) groups is 1. The molecule has 0 fully saturated rings. The van der Waals surface area contributed by atoms with Crippen LogP contribution in [0.5, 0.6) is 5.75 Å². The lowest BCUT2D eigenvalue weighted by molar-refractivity contribution is -0.118. The lowest BCUT2D eigenvalue weighted by Gasteiger charge is -2.24. The fourth-order valence-corrected chi connectivity index (χ4v) is 5.18. The maximum absolute atomic E-state index is 13.2. The third-order valence-electron chi connectivity index (χ3n) is 4.68. The van der Waals surface area contributed by atoms with Gasteiger partial charge in [0.2, 0.25) is 5.91 Å². The average Bonchev–Trinajstić information content (AvgIpc) is 3.30. The summed E-state index contributed by atoms with van der Waals surface area (Å²) >= 11 is 9.02. The summed E-state index contributed by atoms with van der Waals surface area (Å²) in [6.07, 6.45) is 0.329. The second-order valence-corrected chi connectivity index (χ2v) is 9.32. The van der Waals surface area contributed by atoms with Crippen LogP contribution >= 0.6 is 46.7 Å². The van der Waals surface area contributed by atoms with E-state index in [1.54, 1.807) is 0 Å². The average molecular weight is 489 g/mol. The number of nitrogens with zero attached hydrogens (tertiary/aromatic N) is 3. The number of likely N-dealkylation sites (N-methyl/N-ethyl adjacent to an activating group) is 1. The van der Waals surface area contributed by atoms with Crippen molar-refractivity contribution in [1.29, 1.82) is 0 Å². The van der Waals surface area contributed by atoms with Crippen molar-refractivity contribution in [2.24, 2.45) is 0 Å². The van der Waals surface area contributed by atoms with E-state index in [4.69, 9.17) is 21.3 Å². The molecule has 5 nitrogen and oxygen atoms in total. The van der Waals surface area contributed by atoms with E-state index in [0.717, 1.165) is 45.6 Å². The standard InChI is InChI=1S/C21H26ClN3O2S2.ClH/c1-4-24(5-2)11-12-25(20(26)14-16-8-10-19(22)28-16)21-23-17-9-7-15(27-6-3)13-18(17)29-21;/h7-10,13H,4-6,11-12,14H2,1-3H3;1H. The van der Waals surface area contributed by atoms with Gasteiger partial charge in [-0.15, -0.1) is 23.7 Å². The molecule has 9 heteroatoms. The molecule has 0 N–H and O–H groups in total. The van der Waals surface area contributed by atoms with Crippen molar-refractivity contribution in [3.63, 3.8) is 0 Å². The zero-order chi connectivity index (χ0) is 20.8. The number of anilines is 1. The fourth-order valence-electron chi connectivity index (χ4n) is 3.06. The molecule has 30 heavy (non-hydrogen) atoms. The summed E-state index contributed by atoms with van der Waals surface area (Å²) in [4.78, 5) is 23.0. The highest BCUT2D eigenvalue weighted by Gasteiger charge is 2.21. The molecular formula is C21H27Cl2N3O2S2. The van der Waals surface area contributed by atoms with E-state index >= 15 is 0 Å². The van der Waals surface area contributed by atoms with Gasteiger partial charge in [0.25, 0.3) is 0 Å². The predicted octanol–water partition coefficient (Wildman–Crippen LogP) is 5.75. The molecule has 164 valence electrons. The molecule has 0 bridgehead atoms. The molecule has 0 saturated carbocycles. The molecule has 0 radical (unpaired) electrons. The van der Waals surface area contributed by atoms with Gasteiger partial charge in [0.15, 0.2) is 5.13 Å². The molecule has 0 aliphatic carbocycles. The van der Waals surface area contributed by atoms with Crippen LogP contribution in [-0.4, -0.2) is 48.6 Å². The van der Waals surface area contributed by atoms with E-state index in [-0.39, 0.29) is 18.3 Å². The van der Waals surface area contributed by atoms with Crippen LogP contribution in [0.1, 0.15) is 25.6 Å². The third-order valence-corrected chi connectivity index (χ3v) is 6.95. The highest BCUT2D eigenvalue weighted by Crippen LogP contribution is 2.32. The lowest BCUT2D eigenvalue weighted by atomic mass is 10.3. The maximum atomic E-state index is 13.2. The summed E-state index contributed by atoms with van der Waals surface area (Å²) in [7, 11) is 0. The van der Waals surface area contributed by atoms with Crippen molar-refractivity contribution in [2.45, 2.75) is 27.2 Å². The number of amides is 1. The Labute approximate surface area is 197 Å². The Morgan fingerprint density at radius 3 is 2.50 bits per heavy atom. The monoisotopic (exact) mass is 487 g/mol. The molecule has 0 spiro atoms. The minimum Gasteiger partial charge on any atom is -0.494 e. The number of ether oxygens (including phenoxy) is 1. The molecule has 2 aromatic heterocycles. The molecule has 3 aromatic rings. The number of carbonyl (C=O) groups excluding carboxylic acids is 1. The molecule has 1 aromatic carbocycles. The number of halogens is 2. The predicted molar refractivity (Wildman–Crippen MR) is 131 cm³/mol. The van der Waals surface area contributed by atoms with E-state index in [9.17, 15) is 4.79 Å². The Kier molecular flexibility index (Phi) is 9.84. The molecule has 2 heterocycles. The van der Waals surface area contributed by atoms with Gasteiger partial charge in [0.05, 0.1) is 27.6 Å². The van der Waals surface area contributed by atoms with Crippen LogP contribution in [0.25, 0.3) is 10.2 Å². The van der Waals surface area contributed by atoms with Crippen molar-refractivity contribution >= 4 is 67.9 Å². The van der Waals surface area contributed by atoms with Gasteiger partial charge in [-0.2, -0.15) is 0 Å². The van der Waals surface area contributed by atoms with Gasteiger partial charge in [-0.1, -0.05) is 36.8 Å². The number of thiazole rings is 1. The molecule has 0 saturated heterocycles. The van der Waals surface area contributed by atoms with Crippen LogP contribution in [0.2, 0.25) is 4.34 Å². The zero-order valence-corrected chi connectivity index (χ0v) is 20.6. The molecule has 0 unspecified atom stereocenters. The summed E-state index contributed by atoms with van der Waals surface area (Å²) in [5.41, 5.74) is 0.883. The topological polar surface area (TPSA) is 45.7 Å². The first-order valence-electron chi connectivity index (χ1n) is 9.84. The van der Waals surface area contributed by atoms with Crippen LogP contribution in [0.15, 0.2) is 30.3 Å². The summed E-state index contributed by atoms with van der Waals surface area (Å²) < 4.78 is 7.32. The number of rotatable bonds is 10. The quantitative estimate of drug-likeness (QED) is 0.365. The second-order valence-electron chi connectivity index (χ2n) is 6.51. The minimum absolute atomic E-state index is 0. The van der Waals surface area contributed by atoms with E-state index in [1.165, 1.54) is 22.7 Å². The molecule has 0 aliphatic heterocycles. The van der Waals surface area contributed by atoms with E-state index in [2.05, 4.69) is 18.7 Å². The number of benzene rings is 1. The molecule has 1 amide bonds. The first-order chi connectivity index (χ1) is 14.0. The van der Waals surface area contributed by atoms with Crippen LogP contribution in [0.3, 0.4) is 0 Å². The highest BCUT2D eigenvalue weighted by atomic mass is 35.5. The van der Waals surface area contributed by atoms with Gasteiger partial charge < -0.3 is 9.64 Å². The summed E-state index contributed by atoms with van der Waals surface area (Å²) in [6, 6.07) is 9.62. The Morgan fingerprint density at radius 1 is 1.10 bits per heavy atom. The van der Waals surface area contributed by atoms with Gasteiger partial charge in [-0.05, 0) is 50.3 Å². The van der Waals surface area contributed by atoms with Crippen LogP contribution in [0, 0.1) is 0 Å². The highest BCUT2D eigenvalue weighted by molar-refractivity contribution is 7.22. The number of thiophene rings is 1. The number of aromatic nitrogens is 1. The third kappa shape index (κ3) is 6.31. The molecule has 3 rings (SSSR count).